The van der Waals surface area contributed by atoms with Crippen LogP contribution in [0.25, 0.3) is 0 Å². The Labute approximate surface area is 462 Å². The molecule has 0 amide bonds. The Balaban J connectivity index is 4.20. The molecule has 0 aromatic heterocycles. The Morgan fingerprint density at radius 2 is 0.446 bits per heavy atom. The maximum atomic E-state index is 12.9. The lowest BCUT2D eigenvalue weighted by Crippen LogP contribution is -2.30. The largest absolute Gasteiger partial charge is 0.462 e. The van der Waals surface area contributed by atoms with E-state index in [1.165, 1.54) is 270 Å². The Morgan fingerprint density at radius 3 is 0.689 bits per heavy atom. The van der Waals surface area contributed by atoms with E-state index in [2.05, 4.69) is 45.1 Å². The van der Waals surface area contributed by atoms with Crippen molar-refractivity contribution in [2.24, 2.45) is 0 Å². The minimum absolute atomic E-state index is 0.0707. The first kappa shape index (κ1) is 71.9. The van der Waals surface area contributed by atoms with Crippen molar-refractivity contribution in [3.8, 4) is 0 Å². The second-order valence-corrected chi connectivity index (χ2v) is 22.7. The summed E-state index contributed by atoms with van der Waals surface area (Å²) in [6, 6.07) is 0. The number of esters is 3. The van der Waals surface area contributed by atoms with Crippen LogP contribution in [0.3, 0.4) is 0 Å². The number of allylic oxidation sites excluding steroid dienone is 4. The first-order valence-electron chi connectivity index (χ1n) is 33.3. The summed E-state index contributed by atoms with van der Waals surface area (Å²) in [7, 11) is 0. The molecule has 74 heavy (non-hydrogen) atoms. The molecule has 436 valence electrons. The Hall–Kier alpha value is -2.11. The lowest BCUT2D eigenvalue weighted by Gasteiger charge is -2.18. The topological polar surface area (TPSA) is 78.9 Å². The van der Waals surface area contributed by atoms with Crippen LogP contribution in [0, 0.1) is 0 Å². The number of unbranched alkanes of at least 4 members (excludes halogenated alkanes) is 47. The Kier molecular flexibility index (Phi) is 61.6. The molecule has 0 aliphatic carbocycles. The van der Waals surface area contributed by atoms with E-state index in [1.54, 1.807) is 0 Å². The molecule has 0 saturated heterocycles. The van der Waals surface area contributed by atoms with Gasteiger partial charge in [0.15, 0.2) is 6.10 Å². The van der Waals surface area contributed by atoms with Crippen LogP contribution in [0.5, 0.6) is 0 Å². The molecule has 6 nitrogen and oxygen atoms in total. The van der Waals surface area contributed by atoms with Gasteiger partial charge in [-0.2, -0.15) is 0 Å². The second-order valence-electron chi connectivity index (χ2n) is 22.7. The van der Waals surface area contributed by atoms with Crippen LogP contribution in [-0.4, -0.2) is 37.2 Å². The number of rotatable bonds is 62. The van der Waals surface area contributed by atoms with Crippen molar-refractivity contribution in [3.05, 3.63) is 24.3 Å². The molecule has 1 atom stereocenters. The van der Waals surface area contributed by atoms with E-state index in [0.29, 0.717) is 19.3 Å². The molecule has 0 fully saturated rings. The minimum Gasteiger partial charge on any atom is -0.462 e. The van der Waals surface area contributed by atoms with E-state index >= 15 is 0 Å². The number of ether oxygens (including phenoxy) is 3. The van der Waals surface area contributed by atoms with E-state index in [9.17, 15) is 14.4 Å². The van der Waals surface area contributed by atoms with E-state index in [1.807, 2.05) is 0 Å². The first-order valence-corrected chi connectivity index (χ1v) is 33.3. The average molecular weight is 1040 g/mol. The van der Waals surface area contributed by atoms with Crippen LogP contribution >= 0.6 is 0 Å². The third-order valence-corrected chi connectivity index (χ3v) is 15.2. The standard InChI is InChI=1S/C68H128O6/c1-4-7-10-13-16-19-22-25-27-29-30-31-32-33-34-35-36-37-39-40-43-46-49-52-55-58-61-67(70)73-64-65(63-72-66(69)60-57-54-51-48-45-42-24-21-18-15-12-9-6-3)74-68(71)62-59-56-53-50-47-44-41-38-28-26-23-20-17-14-11-8-5-2/h21,24,26,28,65H,4-20,22-23,25,27,29-64H2,1-3H3/b24-21-,28-26-. The molecule has 0 bridgehead atoms. The molecule has 0 aliphatic rings. The lowest BCUT2D eigenvalue weighted by molar-refractivity contribution is -0.167. The molecular weight excluding hydrogens is 913 g/mol. The predicted molar refractivity (Wildman–Crippen MR) is 321 cm³/mol. The smallest absolute Gasteiger partial charge is 0.306 e. The molecule has 0 aromatic carbocycles. The zero-order chi connectivity index (χ0) is 53.6. The number of hydrogen-bond acceptors (Lipinski definition) is 6. The van der Waals surface area contributed by atoms with E-state index in [4.69, 9.17) is 14.2 Å². The van der Waals surface area contributed by atoms with Crippen molar-refractivity contribution < 1.29 is 28.6 Å². The predicted octanol–water partition coefficient (Wildman–Crippen LogP) is 22.6. The molecule has 6 heteroatoms. The highest BCUT2D eigenvalue weighted by Crippen LogP contribution is 2.18. The highest BCUT2D eigenvalue weighted by atomic mass is 16.6. The van der Waals surface area contributed by atoms with Crippen LogP contribution in [0.15, 0.2) is 24.3 Å². The van der Waals surface area contributed by atoms with Gasteiger partial charge in [-0.05, 0) is 70.6 Å². The molecule has 0 aromatic rings. The molecular formula is C68H128O6. The van der Waals surface area contributed by atoms with Crippen LogP contribution in [0.2, 0.25) is 0 Å². The maximum absolute atomic E-state index is 12.9. The summed E-state index contributed by atoms with van der Waals surface area (Å²) in [4.78, 5) is 38.3. The lowest BCUT2D eigenvalue weighted by atomic mass is 10.0. The number of hydrogen-bond donors (Lipinski definition) is 0. The molecule has 0 saturated carbocycles. The SMILES string of the molecule is CCCCCC/C=C\CCCCCCCC(=O)OCC(COC(=O)CCCCCCCCCCCCCCCCCCCCCCCCCCCC)OC(=O)CCCCCCCCC/C=C\CCCCCCCC. The molecule has 0 rings (SSSR count). The molecule has 0 heterocycles. The van der Waals surface area contributed by atoms with Gasteiger partial charge in [0, 0.05) is 19.3 Å². The minimum atomic E-state index is -0.774. The van der Waals surface area contributed by atoms with Gasteiger partial charge >= 0.3 is 17.9 Å². The first-order chi connectivity index (χ1) is 36.5. The van der Waals surface area contributed by atoms with Gasteiger partial charge in [-0.1, -0.05) is 308 Å². The summed E-state index contributed by atoms with van der Waals surface area (Å²) in [5.74, 6) is -0.858. The summed E-state index contributed by atoms with van der Waals surface area (Å²) in [5, 5.41) is 0. The van der Waals surface area contributed by atoms with Crippen LogP contribution < -0.4 is 0 Å². The van der Waals surface area contributed by atoms with Crippen LogP contribution in [-0.2, 0) is 28.6 Å². The van der Waals surface area contributed by atoms with E-state index in [0.717, 1.165) is 64.2 Å². The van der Waals surface area contributed by atoms with Crippen molar-refractivity contribution in [2.45, 2.75) is 380 Å². The zero-order valence-corrected chi connectivity index (χ0v) is 50.1. The van der Waals surface area contributed by atoms with Gasteiger partial charge in [-0.15, -0.1) is 0 Å². The summed E-state index contributed by atoms with van der Waals surface area (Å²) >= 11 is 0. The van der Waals surface area contributed by atoms with Gasteiger partial charge in [-0.25, -0.2) is 0 Å². The Bertz CT molecular complexity index is 1190. The summed E-state index contributed by atoms with van der Waals surface area (Å²) in [5.41, 5.74) is 0. The van der Waals surface area contributed by atoms with Crippen LogP contribution in [0.4, 0.5) is 0 Å². The van der Waals surface area contributed by atoms with Gasteiger partial charge in [0.25, 0.3) is 0 Å². The molecule has 0 radical (unpaired) electrons. The van der Waals surface area contributed by atoms with Crippen LogP contribution in [0.1, 0.15) is 374 Å². The van der Waals surface area contributed by atoms with Crippen molar-refractivity contribution in [2.75, 3.05) is 13.2 Å². The van der Waals surface area contributed by atoms with E-state index in [-0.39, 0.29) is 31.1 Å². The highest BCUT2D eigenvalue weighted by molar-refractivity contribution is 5.71. The number of carbonyl (C=O) groups is 3. The fourth-order valence-corrected chi connectivity index (χ4v) is 10.1. The second kappa shape index (κ2) is 63.4. The third-order valence-electron chi connectivity index (χ3n) is 15.2. The third kappa shape index (κ3) is 60.8. The van der Waals surface area contributed by atoms with Crippen molar-refractivity contribution >= 4 is 17.9 Å². The fraction of sp³-hybridized carbons (Fsp3) is 0.897. The van der Waals surface area contributed by atoms with Crippen molar-refractivity contribution in [1.29, 1.82) is 0 Å². The summed E-state index contributed by atoms with van der Waals surface area (Å²) < 4.78 is 16.9. The Morgan fingerprint density at radius 1 is 0.257 bits per heavy atom. The molecule has 0 aliphatic heterocycles. The van der Waals surface area contributed by atoms with E-state index < -0.39 is 6.10 Å². The molecule has 0 spiro atoms. The van der Waals surface area contributed by atoms with Crippen molar-refractivity contribution in [1.82, 2.24) is 0 Å². The van der Waals surface area contributed by atoms with Gasteiger partial charge in [0.1, 0.15) is 13.2 Å². The highest BCUT2D eigenvalue weighted by Gasteiger charge is 2.19. The zero-order valence-electron chi connectivity index (χ0n) is 50.1. The fourth-order valence-electron chi connectivity index (χ4n) is 10.1. The molecule has 1 unspecified atom stereocenters. The number of carbonyl (C=O) groups excluding carboxylic acids is 3. The van der Waals surface area contributed by atoms with Gasteiger partial charge in [-0.3, -0.25) is 14.4 Å². The van der Waals surface area contributed by atoms with Crippen molar-refractivity contribution in [3.63, 3.8) is 0 Å². The average Bonchev–Trinajstić information content (AvgIpc) is 3.40. The summed E-state index contributed by atoms with van der Waals surface area (Å²) in [6.45, 7) is 6.68. The maximum Gasteiger partial charge on any atom is 0.306 e. The summed E-state index contributed by atoms with van der Waals surface area (Å²) in [6.07, 6.45) is 76.3. The quantitative estimate of drug-likeness (QED) is 0.0261. The van der Waals surface area contributed by atoms with Gasteiger partial charge < -0.3 is 14.2 Å². The monoisotopic (exact) mass is 1040 g/mol. The van der Waals surface area contributed by atoms with Gasteiger partial charge in [0.2, 0.25) is 0 Å². The molecule has 0 N–H and O–H groups in total. The normalized spacial score (nSPS) is 12.1. The van der Waals surface area contributed by atoms with Gasteiger partial charge in [0.05, 0.1) is 0 Å².